The molecule has 0 atom stereocenters. The molecule has 1 aliphatic heterocycles. The summed E-state index contributed by atoms with van der Waals surface area (Å²) in [5, 5.41) is 6.65. The maximum absolute atomic E-state index is 11.2. The van der Waals surface area contributed by atoms with Crippen molar-refractivity contribution in [3.8, 4) is 0 Å². The molecule has 1 aromatic rings. The van der Waals surface area contributed by atoms with E-state index < -0.39 is 0 Å². The highest BCUT2D eigenvalue weighted by atomic mass is 32.1. The second-order valence-electron chi connectivity index (χ2n) is 2.41. The number of aromatic nitrogens is 2. The first-order valence-electron chi connectivity index (χ1n) is 3.47. The zero-order valence-electron chi connectivity index (χ0n) is 5.83. The van der Waals surface area contributed by atoms with Gasteiger partial charge in [0.2, 0.25) is 0 Å². The fourth-order valence-corrected chi connectivity index (χ4v) is 1.71. The minimum Gasteiger partial charge on any atom is -0.351 e. The van der Waals surface area contributed by atoms with Gasteiger partial charge in [-0.25, -0.2) is 0 Å². The molecule has 0 radical (unpaired) electrons. The number of amides is 1. The molecule has 1 aliphatic rings. The standard InChI is InChI=1S/C6H7N3OS/c10-6-5-4(8-9-11-5)2-1-3-7-6/h1-3H2,(H,7,10). The van der Waals surface area contributed by atoms with E-state index in [1.165, 1.54) is 11.5 Å². The van der Waals surface area contributed by atoms with Gasteiger partial charge in [0.1, 0.15) is 4.88 Å². The molecule has 0 spiro atoms. The summed E-state index contributed by atoms with van der Waals surface area (Å²) in [5.74, 6) is -0.0208. The SMILES string of the molecule is O=C1NCCCc2nnsc21. The maximum atomic E-state index is 11.2. The number of carbonyl (C=O) groups excluding carboxylic acids is 1. The van der Waals surface area contributed by atoms with E-state index in [0.29, 0.717) is 4.88 Å². The highest BCUT2D eigenvalue weighted by molar-refractivity contribution is 7.08. The van der Waals surface area contributed by atoms with Gasteiger partial charge in [0.05, 0.1) is 5.69 Å². The molecule has 0 unspecified atom stereocenters. The number of aryl methyl sites for hydroxylation is 1. The van der Waals surface area contributed by atoms with Crippen molar-refractivity contribution >= 4 is 17.4 Å². The second-order valence-corrected chi connectivity index (χ2v) is 3.16. The first-order chi connectivity index (χ1) is 5.38. The molecule has 1 aromatic heterocycles. The van der Waals surface area contributed by atoms with Crippen molar-refractivity contribution in [3.63, 3.8) is 0 Å². The molecule has 0 saturated carbocycles. The fourth-order valence-electron chi connectivity index (χ4n) is 1.08. The number of nitrogens with one attached hydrogen (secondary N) is 1. The van der Waals surface area contributed by atoms with Crippen LogP contribution in [0.25, 0.3) is 0 Å². The molecule has 4 nitrogen and oxygen atoms in total. The summed E-state index contributed by atoms with van der Waals surface area (Å²) in [6, 6.07) is 0. The van der Waals surface area contributed by atoms with Crippen molar-refractivity contribution in [2.24, 2.45) is 0 Å². The number of fused-ring (bicyclic) bond motifs is 1. The first kappa shape index (κ1) is 6.72. The summed E-state index contributed by atoms with van der Waals surface area (Å²) in [5.41, 5.74) is 0.852. The van der Waals surface area contributed by atoms with Crippen LogP contribution in [-0.4, -0.2) is 22.0 Å². The van der Waals surface area contributed by atoms with Crippen molar-refractivity contribution in [2.75, 3.05) is 6.54 Å². The third-order valence-electron chi connectivity index (χ3n) is 1.64. The molecule has 2 heterocycles. The lowest BCUT2D eigenvalue weighted by molar-refractivity contribution is 0.0960. The third kappa shape index (κ3) is 1.11. The van der Waals surface area contributed by atoms with Crippen LogP contribution in [0.3, 0.4) is 0 Å². The Kier molecular flexibility index (Phi) is 1.58. The average Bonchev–Trinajstić information content (AvgIpc) is 2.40. The van der Waals surface area contributed by atoms with Crippen LogP contribution in [0.15, 0.2) is 0 Å². The summed E-state index contributed by atoms with van der Waals surface area (Å²) in [6.45, 7) is 0.752. The normalized spacial score (nSPS) is 16.9. The van der Waals surface area contributed by atoms with Gasteiger partial charge in [-0.3, -0.25) is 4.79 Å². The largest absolute Gasteiger partial charge is 0.351 e. The third-order valence-corrected chi connectivity index (χ3v) is 2.40. The Morgan fingerprint density at radius 2 is 2.45 bits per heavy atom. The Bertz CT molecular complexity index is 283. The van der Waals surface area contributed by atoms with Crippen LogP contribution in [0, 0.1) is 0 Å². The summed E-state index contributed by atoms with van der Waals surface area (Å²) >= 11 is 1.17. The smallest absolute Gasteiger partial charge is 0.264 e. The number of hydrogen-bond donors (Lipinski definition) is 1. The number of nitrogens with zero attached hydrogens (tertiary/aromatic N) is 2. The van der Waals surface area contributed by atoms with Gasteiger partial charge in [-0.2, -0.15) is 0 Å². The zero-order valence-corrected chi connectivity index (χ0v) is 6.65. The van der Waals surface area contributed by atoms with Gasteiger partial charge >= 0.3 is 0 Å². The lowest BCUT2D eigenvalue weighted by atomic mass is 10.2. The van der Waals surface area contributed by atoms with Gasteiger partial charge in [-0.1, -0.05) is 4.49 Å². The fraction of sp³-hybridized carbons (Fsp3) is 0.500. The van der Waals surface area contributed by atoms with Gasteiger partial charge in [-0.15, -0.1) is 5.10 Å². The van der Waals surface area contributed by atoms with Crippen LogP contribution in [-0.2, 0) is 6.42 Å². The van der Waals surface area contributed by atoms with E-state index in [1.807, 2.05) is 0 Å². The number of rotatable bonds is 0. The monoisotopic (exact) mass is 169 g/mol. The van der Waals surface area contributed by atoms with Gasteiger partial charge in [0.15, 0.2) is 0 Å². The molecular weight excluding hydrogens is 162 g/mol. The highest BCUT2D eigenvalue weighted by Gasteiger charge is 2.18. The zero-order chi connectivity index (χ0) is 7.68. The lowest BCUT2D eigenvalue weighted by Gasteiger charge is -1.94. The summed E-state index contributed by atoms with van der Waals surface area (Å²) in [6.07, 6.45) is 1.83. The van der Waals surface area contributed by atoms with Gasteiger partial charge in [-0.05, 0) is 24.4 Å². The maximum Gasteiger partial charge on any atom is 0.264 e. The van der Waals surface area contributed by atoms with Crippen LogP contribution in [0.2, 0.25) is 0 Å². The number of hydrogen-bond acceptors (Lipinski definition) is 4. The Labute approximate surface area is 67.8 Å². The molecule has 0 bridgehead atoms. The Morgan fingerprint density at radius 1 is 1.55 bits per heavy atom. The molecule has 58 valence electrons. The van der Waals surface area contributed by atoms with Gasteiger partial charge in [0.25, 0.3) is 5.91 Å². The topological polar surface area (TPSA) is 54.9 Å². The summed E-state index contributed by atoms with van der Waals surface area (Å²) < 4.78 is 3.73. The molecule has 2 rings (SSSR count). The van der Waals surface area contributed by atoms with E-state index in [0.717, 1.165) is 25.1 Å². The lowest BCUT2D eigenvalue weighted by Crippen LogP contribution is -2.21. The molecule has 0 aliphatic carbocycles. The van der Waals surface area contributed by atoms with E-state index in [-0.39, 0.29) is 5.91 Å². The van der Waals surface area contributed by atoms with Crippen molar-refractivity contribution in [1.29, 1.82) is 0 Å². The van der Waals surface area contributed by atoms with E-state index in [1.54, 1.807) is 0 Å². The minimum absolute atomic E-state index is 0.0208. The molecular formula is C6H7N3OS. The molecule has 0 saturated heterocycles. The molecule has 0 fully saturated rings. The quantitative estimate of drug-likeness (QED) is 0.604. The Hall–Kier alpha value is -0.970. The van der Waals surface area contributed by atoms with Crippen LogP contribution < -0.4 is 5.32 Å². The van der Waals surface area contributed by atoms with Crippen LogP contribution in [0.5, 0.6) is 0 Å². The highest BCUT2D eigenvalue weighted by Crippen LogP contribution is 2.14. The minimum atomic E-state index is -0.0208. The summed E-state index contributed by atoms with van der Waals surface area (Å²) in [7, 11) is 0. The average molecular weight is 169 g/mol. The van der Waals surface area contributed by atoms with Crippen LogP contribution in [0.1, 0.15) is 21.8 Å². The Morgan fingerprint density at radius 3 is 3.36 bits per heavy atom. The predicted molar refractivity (Wildman–Crippen MR) is 40.6 cm³/mol. The van der Waals surface area contributed by atoms with Crippen molar-refractivity contribution in [2.45, 2.75) is 12.8 Å². The summed E-state index contributed by atoms with van der Waals surface area (Å²) in [4.78, 5) is 11.9. The predicted octanol–water partition coefficient (Wildman–Crippen LogP) is 0.214. The molecule has 5 heteroatoms. The van der Waals surface area contributed by atoms with Crippen molar-refractivity contribution in [3.05, 3.63) is 10.6 Å². The second kappa shape index (κ2) is 2.58. The first-order valence-corrected chi connectivity index (χ1v) is 4.24. The van der Waals surface area contributed by atoms with Gasteiger partial charge in [0, 0.05) is 6.54 Å². The van der Waals surface area contributed by atoms with E-state index in [9.17, 15) is 4.79 Å². The van der Waals surface area contributed by atoms with Crippen LogP contribution in [0.4, 0.5) is 0 Å². The van der Waals surface area contributed by atoms with E-state index in [4.69, 9.17) is 0 Å². The van der Waals surface area contributed by atoms with E-state index in [2.05, 4.69) is 14.9 Å². The van der Waals surface area contributed by atoms with Crippen LogP contribution >= 0.6 is 11.5 Å². The molecule has 11 heavy (non-hydrogen) atoms. The molecule has 0 aromatic carbocycles. The van der Waals surface area contributed by atoms with Crippen molar-refractivity contribution < 1.29 is 4.79 Å². The van der Waals surface area contributed by atoms with E-state index >= 15 is 0 Å². The van der Waals surface area contributed by atoms with Crippen molar-refractivity contribution in [1.82, 2.24) is 14.9 Å². The number of carbonyl (C=O) groups is 1. The molecule has 1 amide bonds. The van der Waals surface area contributed by atoms with Gasteiger partial charge < -0.3 is 5.32 Å². The Balaban J connectivity index is 2.41. The molecule has 1 N–H and O–H groups in total.